The van der Waals surface area contributed by atoms with E-state index >= 15 is 0 Å². The van der Waals surface area contributed by atoms with Crippen molar-refractivity contribution in [2.45, 2.75) is 39.5 Å². The molecule has 1 N–H and O–H groups in total. The lowest BCUT2D eigenvalue weighted by Crippen LogP contribution is -2.44. The first-order valence-corrected chi connectivity index (χ1v) is 7.86. The van der Waals surface area contributed by atoms with E-state index in [0.29, 0.717) is 31.8 Å². The van der Waals surface area contributed by atoms with Gasteiger partial charge in [0.1, 0.15) is 0 Å². The molecule has 0 radical (unpaired) electrons. The van der Waals surface area contributed by atoms with Gasteiger partial charge in [0.25, 0.3) is 0 Å². The number of imide groups is 1. The minimum Gasteiger partial charge on any atom is -0.338 e. The van der Waals surface area contributed by atoms with Crippen LogP contribution in [0.2, 0.25) is 0 Å². The maximum atomic E-state index is 11.9. The van der Waals surface area contributed by atoms with Crippen LogP contribution in [0.15, 0.2) is 0 Å². The van der Waals surface area contributed by atoms with Gasteiger partial charge in [-0.3, -0.25) is 14.5 Å². The van der Waals surface area contributed by atoms with Crippen molar-refractivity contribution in [3.05, 3.63) is 0 Å². The molecule has 2 fully saturated rings. The molecule has 2 rings (SSSR count). The summed E-state index contributed by atoms with van der Waals surface area (Å²) in [4.78, 5) is 38.5. The van der Waals surface area contributed by atoms with Crippen molar-refractivity contribution in [2.75, 3.05) is 26.2 Å². The minimum atomic E-state index is -0.192. The van der Waals surface area contributed by atoms with Crippen LogP contribution < -0.4 is 5.32 Å². The van der Waals surface area contributed by atoms with Crippen molar-refractivity contribution >= 4 is 17.8 Å². The maximum Gasteiger partial charge on any atom is 0.317 e. The van der Waals surface area contributed by atoms with E-state index in [2.05, 4.69) is 12.2 Å². The first kappa shape index (κ1) is 15.8. The quantitative estimate of drug-likeness (QED) is 0.626. The summed E-state index contributed by atoms with van der Waals surface area (Å²) in [6.45, 7) is 6.51. The van der Waals surface area contributed by atoms with Gasteiger partial charge in [-0.1, -0.05) is 13.8 Å². The molecule has 0 saturated carbocycles. The molecule has 1 atom stereocenters. The summed E-state index contributed by atoms with van der Waals surface area (Å²) in [5.74, 6) is 0.325. The normalized spacial score (nSPS) is 23.8. The van der Waals surface area contributed by atoms with E-state index in [9.17, 15) is 14.4 Å². The Bertz CT molecular complexity index is 416. The lowest BCUT2D eigenvalue weighted by molar-refractivity contribution is -0.139. The highest BCUT2D eigenvalue weighted by molar-refractivity contribution is 6.03. The van der Waals surface area contributed by atoms with Gasteiger partial charge in [-0.15, -0.1) is 0 Å². The fourth-order valence-corrected chi connectivity index (χ4v) is 2.84. The number of carbonyl (C=O) groups is 3. The van der Waals surface area contributed by atoms with E-state index in [0.717, 1.165) is 25.9 Å². The maximum absolute atomic E-state index is 11.9. The van der Waals surface area contributed by atoms with E-state index in [1.165, 1.54) is 4.90 Å². The van der Waals surface area contributed by atoms with Crippen molar-refractivity contribution in [1.82, 2.24) is 15.1 Å². The second-order valence-corrected chi connectivity index (χ2v) is 6.24. The van der Waals surface area contributed by atoms with Gasteiger partial charge in [0, 0.05) is 38.5 Å². The van der Waals surface area contributed by atoms with Gasteiger partial charge in [-0.25, -0.2) is 4.79 Å². The highest BCUT2D eigenvalue weighted by atomic mass is 16.2. The van der Waals surface area contributed by atoms with Gasteiger partial charge < -0.3 is 10.2 Å². The van der Waals surface area contributed by atoms with Crippen LogP contribution in [0.25, 0.3) is 0 Å². The summed E-state index contributed by atoms with van der Waals surface area (Å²) in [6, 6.07) is -0.0330. The molecule has 4 amide bonds. The summed E-state index contributed by atoms with van der Waals surface area (Å²) in [7, 11) is 0. The van der Waals surface area contributed by atoms with E-state index < -0.39 is 0 Å². The number of likely N-dealkylation sites (tertiary alicyclic amines) is 2. The zero-order chi connectivity index (χ0) is 15.4. The molecule has 2 aliphatic heterocycles. The number of rotatable bonds is 4. The molecule has 118 valence electrons. The summed E-state index contributed by atoms with van der Waals surface area (Å²) >= 11 is 0. The number of nitrogens with zero attached hydrogens (tertiary/aromatic N) is 2. The summed E-state index contributed by atoms with van der Waals surface area (Å²) in [6.07, 6.45) is 3.04. The van der Waals surface area contributed by atoms with Crippen LogP contribution in [0.5, 0.6) is 0 Å². The van der Waals surface area contributed by atoms with Gasteiger partial charge in [0.15, 0.2) is 0 Å². The molecule has 21 heavy (non-hydrogen) atoms. The van der Waals surface area contributed by atoms with Crippen LogP contribution in [0.4, 0.5) is 4.79 Å². The number of urea groups is 1. The fourth-order valence-electron chi connectivity index (χ4n) is 2.84. The molecular formula is C15H25N3O3. The molecule has 6 nitrogen and oxygen atoms in total. The highest BCUT2D eigenvalue weighted by Gasteiger charge is 2.34. The molecule has 6 heteroatoms. The van der Waals surface area contributed by atoms with Crippen LogP contribution in [-0.4, -0.2) is 53.8 Å². The average Bonchev–Trinajstić information content (AvgIpc) is 2.69. The van der Waals surface area contributed by atoms with Crippen LogP contribution in [0.1, 0.15) is 39.5 Å². The Labute approximate surface area is 125 Å². The van der Waals surface area contributed by atoms with E-state index in [-0.39, 0.29) is 23.8 Å². The van der Waals surface area contributed by atoms with Crippen LogP contribution in [0.3, 0.4) is 0 Å². The number of nitrogens with one attached hydrogen (secondary N) is 1. The standard InChI is InChI=1S/C15H25N3O3/c1-11-4-8-17(9-5-11)15(21)16-6-3-7-18-13(19)10-12(2)14(18)20/h11-12H,3-10H2,1-2H3,(H,16,21)/t12-/m0/s1. The van der Waals surface area contributed by atoms with Crippen LogP contribution in [-0.2, 0) is 9.59 Å². The summed E-state index contributed by atoms with van der Waals surface area (Å²) in [5.41, 5.74) is 0. The van der Waals surface area contributed by atoms with E-state index in [1.54, 1.807) is 6.92 Å². The first-order valence-electron chi connectivity index (χ1n) is 7.86. The molecule has 0 aliphatic carbocycles. The monoisotopic (exact) mass is 295 g/mol. The van der Waals surface area contributed by atoms with Crippen molar-refractivity contribution in [2.24, 2.45) is 11.8 Å². The summed E-state index contributed by atoms with van der Waals surface area (Å²) < 4.78 is 0. The molecule has 2 heterocycles. The second-order valence-electron chi connectivity index (χ2n) is 6.24. The Hall–Kier alpha value is -1.59. The molecule has 0 spiro atoms. The van der Waals surface area contributed by atoms with Crippen molar-refractivity contribution < 1.29 is 14.4 Å². The van der Waals surface area contributed by atoms with Gasteiger partial charge in [0.2, 0.25) is 11.8 Å². The molecule has 0 aromatic heterocycles. The molecule has 2 aliphatic rings. The lowest BCUT2D eigenvalue weighted by Gasteiger charge is -2.30. The lowest BCUT2D eigenvalue weighted by atomic mass is 10.00. The van der Waals surface area contributed by atoms with E-state index in [4.69, 9.17) is 0 Å². The second kappa shape index (κ2) is 6.91. The topological polar surface area (TPSA) is 69.7 Å². The van der Waals surface area contributed by atoms with E-state index in [1.807, 2.05) is 4.90 Å². The Kier molecular flexibility index (Phi) is 5.20. The molecule has 0 aromatic rings. The first-order chi connectivity index (χ1) is 9.99. The van der Waals surface area contributed by atoms with Crippen molar-refractivity contribution in [3.63, 3.8) is 0 Å². The van der Waals surface area contributed by atoms with Crippen molar-refractivity contribution in [1.29, 1.82) is 0 Å². The highest BCUT2D eigenvalue weighted by Crippen LogP contribution is 2.18. The number of hydrogen-bond donors (Lipinski definition) is 1. The Balaban J connectivity index is 1.64. The zero-order valence-corrected chi connectivity index (χ0v) is 12.9. The number of hydrogen-bond acceptors (Lipinski definition) is 3. The predicted molar refractivity (Wildman–Crippen MR) is 78.5 cm³/mol. The largest absolute Gasteiger partial charge is 0.338 e. The Morgan fingerprint density at radius 2 is 1.90 bits per heavy atom. The Morgan fingerprint density at radius 1 is 1.24 bits per heavy atom. The molecule has 2 saturated heterocycles. The predicted octanol–water partition coefficient (Wildman–Crippen LogP) is 1.21. The third-order valence-corrected chi connectivity index (χ3v) is 4.38. The average molecular weight is 295 g/mol. The molecular weight excluding hydrogens is 270 g/mol. The van der Waals surface area contributed by atoms with Crippen LogP contribution >= 0.6 is 0 Å². The smallest absolute Gasteiger partial charge is 0.317 e. The summed E-state index contributed by atoms with van der Waals surface area (Å²) in [5, 5.41) is 2.87. The van der Waals surface area contributed by atoms with Gasteiger partial charge in [-0.2, -0.15) is 0 Å². The van der Waals surface area contributed by atoms with Gasteiger partial charge in [0.05, 0.1) is 0 Å². The SMILES string of the molecule is CC1CCN(C(=O)NCCCN2C(=O)C[C@H](C)C2=O)CC1. The Morgan fingerprint density at radius 3 is 2.48 bits per heavy atom. The fraction of sp³-hybridized carbons (Fsp3) is 0.800. The van der Waals surface area contributed by atoms with Gasteiger partial charge in [-0.05, 0) is 25.2 Å². The zero-order valence-electron chi connectivity index (χ0n) is 12.9. The third-order valence-electron chi connectivity index (χ3n) is 4.38. The van der Waals surface area contributed by atoms with Gasteiger partial charge >= 0.3 is 6.03 Å². The number of carbonyl (C=O) groups excluding carboxylic acids is 3. The molecule has 0 aromatic carbocycles. The number of amides is 4. The number of piperidine rings is 1. The third kappa shape index (κ3) is 3.95. The molecule has 0 unspecified atom stereocenters. The van der Waals surface area contributed by atoms with Crippen molar-refractivity contribution in [3.8, 4) is 0 Å². The minimum absolute atomic E-state index is 0.0330. The molecule has 0 bridgehead atoms. The van der Waals surface area contributed by atoms with Crippen LogP contribution in [0, 0.1) is 11.8 Å².